The van der Waals surface area contributed by atoms with Crippen molar-refractivity contribution in [2.45, 2.75) is 19.8 Å². The Morgan fingerprint density at radius 2 is 1.81 bits per heavy atom. The zero-order valence-electron chi connectivity index (χ0n) is 11.6. The molecule has 0 fully saturated rings. The number of aryl methyl sites for hydroxylation is 1. The van der Waals surface area contributed by atoms with Gasteiger partial charge < -0.3 is 4.74 Å². The van der Waals surface area contributed by atoms with Crippen LogP contribution < -0.4 is 4.74 Å². The largest absolute Gasteiger partial charge is 0.423 e. The molecule has 0 atom stereocenters. The first kappa shape index (κ1) is 14.7. The molecule has 0 aromatic heterocycles. The number of ether oxygens (including phenoxy) is 1. The molecule has 0 bridgehead atoms. The smallest absolute Gasteiger partial charge is 0.343 e. The molecule has 0 saturated heterocycles. The number of rotatable bonds is 5. The fourth-order valence-corrected chi connectivity index (χ4v) is 1.96. The van der Waals surface area contributed by atoms with Gasteiger partial charge in [-0.05, 0) is 30.2 Å². The van der Waals surface area contributed by atoms with Crippen LogP contribution in [0, 0.1) is 10.1 Å². The summed E-state index contributed by atoms with van der Waals surface area (Å²) in [5, 5.41) is 10.6. The number of hydrogen-bond acceptors (Lipinski definition) is 4. The summed E-state index contributed by atoms with van der Waals surface area (Å²) in [7, 11) is 0. The summed E-state index contributed by atoms with van der Waals surface area (Å²) < 4.78 is 5.38. The van der Waals surface area contributed by atoms with Gasteiger partial charge in [-0.15, -0.1) is 0 Å². The van der Waals surface area contributed by atoms with Crippen molar-refractivity contribution in [3.8, 4) is 5.75 Å². The molecule has 0 radical (unpaired) electrons. The van der Waals surface area contributed by atoms with Gasteiger partial charge in [0.1, 0.15) is 5.75 Å². The fourth-order valence-electron chi connectivity index (χ4n) is 1.96. The summed E-state index contributed by atoms with van der Waals surface area (Å²) in [5.74, 6) is 0.0103. The van der Waals surface area contributed by atoms with E-state index in [9.17, 15) is 14.9 Å². The van der Waals surface area contributed by atoms with Gasteiger partial charge in [0.05, 0.1) is 10.5 Å². The van der Waals surface area contributed by atoms with E-state index >= 15 is 0 Å². The second kappa shape index (κ2) is 6.65. The highest BCUT2D eigenvalue weighted by Gasteiger charge is 2.13. The van der Waals surface area contributed by atoms with E-state index in [-0.39, 0.29) is 11.3 Å². The Kier molecular flexibility index (Phi) is 4.66. The first-order chi connectivity index (χ1) is 10.1. The van der Waals surface area contributed by atoms with Crippen LogP contribution >= 0.6 is 0 Å². The summed E-state index contributed by atoms with van der Waals surface area (Å²) in [5.41, 5.74) is 1.19. The van der Waals surface area contributed by atoms with Crippen molar-refractivity contribution >= 4 is 11.7 Å². The normalized spacial score (nSPS) is 10.1. The van der Waals surface area contributed by atoms with Crippen molar-refractivity contribution in [3.05, 3.63) is 69.8 Å². The van der Waals surface area contributed by atoms with E-state index in [4.69, 9.17) is 4.74 Å². The monoisotopic (exact) mass is 285 g/mol. The van der Waals surface area contributed by atoms with Crippen LogP contribution in [0.15, 0.2) is 48.5 Å². The van der Waals surface area contributed by atoms with Crippen molar-refractivity contribution in [1.29, 1.82) is 0 Å². The van der Waals surface area contributed by atoms with Gasteiger partial charge in [0.15, 0.2) is 0 Å². The van der Waals surface area contributed by atoms with Crippen molar-refractivity contribution in [2.75, 3.05) is 0 Å². The number of carbonyl (C=O) groups excluding carboxylic acids is 1. The van der Waals surface area contributed by atoms with Gasteiger partial charge in [-0.1, -0.05) is 31.5 Å². The SMILES string of the molecule is CCCc1ccccc1OC(=O)c1ccc([N+](=O)[O-])cc1. The highest BCUT2D eigenvalue weighted by Crippen LogP contribution is 2.21. The molecule has 5 heteroatoms. The average molecular weight is 285 g/mol. The van der Waals surface area contributed by atoms with Gasteiger partial charge >= 0.3 is 5.97 Å². The van der Waals surface area contributed by atoms with E-state index in [0.717, 1.165) is 18.4 Å². The van der Waals surface area contributed by atoms with Crippen LogP contribution in [0.4, 0.5) is 5.69 Å². The Balaban J connectivity index is 2.16. The Bertz CT molecular complexity index is 650. The Morgan fingerprint density at radius 3 is 2.43 bits per heavy atom. The second-order valence-corrected chi connectivity index (χ2v) is 4.55. The molecule has 0 unspecified atom stereocenters. The number of hydrogen-bond donors (Lipinski definition) is 0. The summed E-state index contributed by atoms with van der Waals surface area (Å²) in [4.78, 5) is 22.1. The molecule has 2 aromatic rings. The lowest BCUT2D eigenvalue weighted by atomic mass is 10.1. The first-order valence-corrected chi connectivity index (χ1v) is 6.66. The summed E-state index contributed by atoms with van der Waals surface area (Å²) in [6, 6.07) is 12.7. The lowest BCUT2D eigenvalue weighted by molar-refractivity contribution is -0.384. The van der Waals surface area contributed by atoms with E-state index in [1.54, 1.807) is 12.1 Å². The molecular formula is C16H15NO4. The molecule has 0 aliphatic heterocycles. The van der Waals surface area contributed by atoms with Crippen LogP contribution in [-0.4, -0.2) is 10.9 Å². The molecular weight excluding hydrogens is 270 g/mol. The Morgan fingerprint density at radius 1 is 1.14 bits per heavy atom. The van der Waals surface area contributed by atoms with Crippen LogP contribution in [0.3, 0.4) is 0 Å². The number of benzene rings is 2. The lowest BCUT2D eigenvalue weighted by Gasteiger charge is -2.09. The standard InChI is InChI=1S/C16H15NO4/c1-2-5-12-6-3-4-7-15(12)21-16(18)13-8-10-14(11-9-13)17(19)20/h3-4,6-11H,2,5H2,1H3. The summed E-state index contributed by atoms with van der Waals surface area (Å²) in [6.07, 6.45) is 1.77. The predicted molar refractivity (Wildman–Crippen MR) is 78.5 cm³/mol. The van der Waals surface area contributed by atoms with Crippen LogP contribution in [0.25, 0.3) is 0 Å². The molecule has 0 amide bonds. The van der Waals surface area contributed by atoms with Gasteiger partial charge in [0, 0.05) is 12.1 Å². The van der Waals surface area contributed by atoms with Crippen molar-refractivity contribution in [2.24, 2.45) is 0 Å². The minimum atomic E-state index is -0.520. The molecule has 108 valence electrons. The zero-order valence-corrected chi connectivity index (χ0v) is 11.6. The summed E-state index contributed by atoms with van der Waals surface area (Å²) in [6.45, 7) is 2.05. The van der Waals surface area contributed by atoms with E-state index < -0.39 is 10.9 Å². The van der Waals surface area contributed by atoms with Crippen LogP contribution in [0.5, 0.6) is 5.75 Å². The zero-order chi connectivity index (χ0) is 15.2. The molecule has 0 aliphatic carbocycles. The highest BCUT2D eigenvalue weighted by molar-refractivity contribution is 5.91. The van der Waals surface area contributed by atoms with Gasteiger partial charge in [-0.3, -0.25) is 10.1 Å². The fraction of sp³-hybridized carbons (Fsp3) is 0.188. The number of esters is 1. The molecule has 2 aromatic carbocycles. The molecule has 0 heterocycles. The molecule has 2 rings (SSSR count). The number of carbonyl (C=O) groups is 1. The second-order valence-electron chi connectivity index (χ2n) is 4.55. The number of non-ortho nitro benzene ring substituents is 1. The van der Waals surface area contributed by atoms with Gasteiger partial charge in [0.25, 0.3) is 5.69 Å². The minimum absolute atomic E-state index is 0.0575. The van der Waals surface area contributed by atoms with E-state index in [2.05, 4.69) is 6.92 Å². The minimum Gasteiger partial charge on any atom is -0.423 e. The van der Waals surface area contributed by atoms with Crippen LogP contribution in [0.1, 0.15) is 29.3 Å². The molecule has 0 saturated carbocycles. The third-order valence-electron chi connectivity index (χ3n) is 3.01. The van der Waals surface area contributed by atoms with Crippen LogP contribution in [-0.2, 0) is 6.42 Å². The number of para-hydroxylation sites is 1. The van der Waals surface area contributed by atoms with E-state index in [1.807, 2.05) is 12.1 Å². The topological polar surface area (TPSA) is 69.4 Å². The molecule has 0 spiro atoms. The summed E-state index contributed by atoms with van der Waals surface area (Å²) >= 11 is 0. The third kappa shape index (κ3) is 3.66. The lowest BCUT2D eigenvalue weighted by Crippen LogP contribution is -2.09. The maximum absolute atomic E-state index is 12.1. The van der Waals surface area contributed by atoms with Gasteiger partial charge in [0.2, 0.25) is 0 Å². The van der Waals surface area contributed by atoms with Crippen molar-refractivity contribution in [1.82, 2.24) is 0 Å². The quantitative estimate of drug-likeness (QED) is 0.363. The van der Waals surface area contributed by atoms with Gasteiger partial charge in [-0.25, -0.2) is 4.79 Å². The Labute approximate surface area is 122 Å². The number of nitro benzene ring substituents is 1. The third-order valence-corrected chi connectivity index (χ3v) is 3.01. The molecule has 5 nitrogen and oxygen atoms in total. The molecule has 0 N–H and O–H groups in total. The number of nitrogens with zero attached hydrogens (tertiary/aromatic N) is 1. The average Bonchev–Trinajstić information content (AvgIpc) is 2.49. The molecule has 21 heavy (non-hydrogen) atoms. The first-order valence-electron chi connectivity index (χ1n) is 6.66. The number of nitro groups is 1. The molecule has 0 aliphatic rings. The van der Waals surface area contributed by atoms with E-state index in [0.29, 0.717) is 5.75 Å². The predicted octanol–water partition coefficient (Wildman–Crippen LogP) is 3.77. The van der Waals surface area contributed by atoms with Gasteiger partial charge in [-0.2, -0.15) is 0 Å². The Hall–Kier alpha value is -2.69. The van der Waals surface area contributed by atoms with Crippen LogP contribution in [0.2, 0.25) is 0 Å². The maximum Gasteiger partial charge on any atom is 0.343 e. The van der Waals surface area contributed by atoms with Crippen molar-refractivity contribution in [3.63, 3.8) is 0 Å². The van der Waals surface area contributed by atoms with E-state index in [1.165, 1.54) is 24.3 Å². The van der Waals surface area contributed by atoms with Crippen molar-refractivity contribution < 1.29 is 14.5 Å². The maximum atomic E-state index is 12.1. The highest BCUT2D eigenvalue weighted by atomic mass is 16.6.